The van der Waals surface area contributed by atoms with Gasteiger partial charge in [0, 0.05) is 5.69 Å². The van der Waals surface area contributed by atoms with Crippen molar-refractivity contribution in [2.45, 2.75) is 0 Å². The van der Waals surface area contributed by atoms with Gasteiger partial charge in [0.15, 0.2) is 5.13 Å². The molecule has 2 aromatic carbocycles. The molecule has 0 radical (unpaired) electrons. The fourth-order valence-electron chi connectivity index (χ4n) is 1.67. The Balaban J connectivity index is 1.96. The average molecular weight is 313 g/mol. The molecule has 1 heterocycles. The lowest BCUT2D eigenvalue weighted by Gasteiger charge is -2.02. The van der Waals surface area contributed by atoms with Gasteiger partial charge in [-0.3, -0.25) is 0 Å². The van der Waals surface area contributed by atoms with Crippen molar-refractivity contribution in [2.75, 3.05) is 5.32 Å². The van der Waals surface area contributed by atoms with Crippen LogP contribution in [0.5, 0.6) is 0 Å². The second-order valence-electron chi connectivity index (χ2n) is 3.86. The summed E-state index contributed by atoms with van der Waals surface area (Å²) in [6, 6.07) is 9.99. The Morgan fingerprint density at radius 1 is 1.11 bits per heavy atom. The lowest BCUT2D eigenvalue weighted by molar-refractivity contribution is 0.628. The van der Waals surface area contributed by atoms with Crippen LogP contribution in [-0.2, 0) is 0 Å². The van der Waals surface area contributed by atoms with Crippen LogP contribution in [0.15, 0.2) is 36.4 Å². The van der Waals surface area contributed by atoms with E-state index in [4.69, 9.17) is 23.2 Å². The molecule has 1 N–H and O–H groups in total. The fraction of sp³-hybridized carbons (Fsp3) is 0. The SMILES string of the molecule is Fc1ccc(Nc2nc3cccc(Cl)c3s2)cc1Cl. The summed E-state index contributed by atoms with van der Waals surface area (Å²) in [7, 11) is 0. The molecule has 0 amide bonds. The Hall–Kier alpha value is -1.36. The lowest BCUT2D eigenvalue weighted by Crippen LogP contribution is -1.89. The minimum atomic E-state index is -0.445. The summed E-state index contributed by atoms with van der Waals surface area (Å²) in [6.07, 6.45) is 0. The van der Waals surface area contributed by atoms with Crippen LogP contribution >= 0.6 is 34.5 Å². The van der Waals surface area contributed by atoms with Crippen molar-refractivity contribution in [1.29, 1.82) is 0 Å². The second kappa shape index (κ2) is 4.96. The van der Waals surface area contributed by atoms with E-state index in [0.717, 1.165) is 10.2 Å². The summed E-state index contributed by atoms with van der Waals surface area (Å²) in [5.74, 6) is -0.445. The molecule has 0 bridgehead atoms. The fourth-order valence-corrected chi connectivity index (χ4v) is 3.02. The third-order valence-electron chi connectivity index (χ3n) is 2.54. The highest BCUT2D eigenvalue weighted by Crippen LogP contribution is 2.33. The largest absolute Gasteiger partial charge is 0.331 e. The van der Waals surface area contributed by atoms with E-state index in [0.29, 0.717) is 15.8 Å². The van der Waals surface area contributed by atoms with Gasteiger partial charge in [-0.15, -0.1) is 0 Å². The van der Waals surface area contributed by atoms with Crippen LogP contribution in [0.2, 0.25) is 10.0 Å². The van der Waals surface area contributed by atoms with E-state index < -0.39 is 5.82 Å². The van der Waals surface area contributed by atoms with Crippen LogP contribution in [-0.4, -0.2) is 4.98 Å². The quantitative estimate of drug-likeness (QED) is 0.677. The third-order valence-corrected chi connectivity index (χ3v) is 4.27. The highest BCUT2D eigenvalue weighted by Gasteiger charge is 2.08. The van der Waals surface area contributed by atoms with Gasteiger partial charge in [0.1, 0.15) is 5.82 Å². The zero-order valence-corrected chi connectivity index (χ0v) is 11.8. The summed E-state index contributed by atoms with van der Waals surface area (Å²) in [5.41, 5.74) is 1.51. The number of hydrogen-bond donors (Lipinski definition) is 1. The molecule has 0 saturated carbocycles. The molecule has 2 nitrogen and oxygen atoms in total. The summed E-state index contributed by atoms with van der Waals surface area (Å²) in [6.45, 7) is 0. The van der Waals surface area contributed by atoms with Crippen molar-refractivity contribution >= 4 is 55.6 Å². The maximum atomic E-state index is 13.1. The summed E-state index contributed by atoms with van der Waals surface area (Å²) >= 11 is 13.3. The predicted molar refractivity (Wildman–Crippen MR) is 79.3 cm³/mol. The first-order valence-electron chi connectivity index (χ1n) is 5.40. The van der Waals surface area contributed by atoms with Crippen LogP contribution < -0.4 is 5.32 Å². The molecule has 19 heavy (non-hydrogen) atoms. The average Bonchev–Trinajstić information content (AvgIpc) is 2.78. The maximum absolute atomic E-state index is 13.1. The highest BCUT2D eigenvalue weighted by molar-refractivity contribution is 7.22. The van der Waals surface area contributed by atoms with Gasteiger partial charge in [-0.2, -0.15) is 0 Å². The number of thiazole rings is 1. The van der Waals surface area contributed by atoms with E-state index in [-0.39, 0.29) is 5.02 Å². The first kappa shape index (κ1) is 12.7. The maximum Gasteiger partial charge on any atom is 0.188 e. The van der Waals surface area contributed by atoms with Crippen molar-refractivity contribution in [1.82, 2.24) is 4.98 Å². The third kappa shape index (κ3) is 2.52. The molecular formula is C13H7Cl2FN2S. The van der Waals surface area contributed by atoms with Crippen LogP contribution in [0.25, 0.3) is 10.2 Å². The molecule has 1 aromatic heterocycles. The Morgan fingerprint density at radius 2 is 1.95 bits per heavy atom. The molecule has 0 aliphatic rings. The molecule has 3 aromatic rings. The molecule has 96 valence electrons. The molecule has 0 unspecified atom stereocenters. The molecule has 0 aliphatic carbocycles. The van der Waals surface area contributed by atoms with Gasteiger partial charge in [0.05, 0.1) is 20.3 Å². The van der Waals surface area contributed by atoms with E-state index in [1.165, 1.54) is 23.5 Å². The van der Waals surface area contributed by atoms with Crippen LogP contribution in [0, 0.1) is 5.82 Å². The molecule has 0 atom stereocenters. The van der Waals surface area contributed by atoms with E-state index >= 15 is 0 Å². The van der Waals surface area contributed by atoms with Gasteiger partial charge in [-0.05, 0) is 30.3 Å². The zero-order valence-electron chi connectivity index (χ0n) is 9.45. The van der Waals surface area contributed by atoms with Crippen molar-refractivity contribution in [3.05, 3.63) is 52.3 Å². The number of aromatic nitrogens is 1. The zero-order chi connectivity index (χ0) is 13.4. The van der Waals surface area contributed by atoms with Crippen molar-refractivity contribution in [3.63, 3.8) is 0 Å². The van der Waals surface area contributed by atoms with Gasteiger partial charge >= 0.3 is 0 Å². The van der Waals surface area contributed by atoms with E-state index in [1.807, 2.05) is 18.2 Å². The highest BCUT2D eigenvalue weighted by atomic mass is 35.5. The molecule has 6 heteroatoms. The van der Waals surface area contributed by atoms with Crippen LogP contribution in [0.1, 0.15) is 0 Å². The number of halogens is 3. The van der Waals surface area contributed by atoms with E-state index in [1.54, 1.807) is 6.07 Å². The Bertz CT molecular complexity index is 757. The topological polar surface area (TPSA) is 24.9 Å². The number of rotatable bonds is 2. The van der Waals surface area contributed by atoms with Gasteiger partial charge in [0.25, 0.3) is 0 Å². The predicted octanol–water partition coefficient (Wildman–Crippen LogP) is 5.49. The van der Waals surface area contributed by atoms with Gasteiger partial charge in [0.2, 0.25) is 0 Å². The van der Waals surface area contributed by atoms with E-state index in [2.05, 4.69) is 10.3 Å². The minimum absolute atomic E-state index is 0.0733. The standard InChI is InChI=1S/C13H7Cl2FN2S/c14-8-2-1-3-11-12(8)19-13(18-11)17-7-4-5-10(16)9(15)6-7/h1-6H,(H,17,18). The first-order chi connectivity index (χ1) is 9.13. The Morgan fingerprint density at radius 3 is 2.68 bits per heavy atom. The number of nitrogens with one attached hydrogen (secondary N) is 1. The molecule has 0 saturated heterocycles. The van der Waals surface area contributed by atoms with Crippen LogP contribution in [0.4, 0.5) is 15.2 Å². The summed E-state index contributed by atoms with van der Waals surface area (Å²) in [5, 5.41) is 4.51. The first-order valence-corrected chi connectivity index (χ1v) is 6.98. The van der Waals surface area contributed by atoms with Crippen molar-refractivity contribution in [2.24, 2.45) is 0 Å². The van der Waals surface area contributed by atoms with Crippen LogP contribution in [0.3, 0.4) is 0 Å². The second-order valence-corrected chi connectivity index (χ2v) is 5.67. The van der Waals surface area contributed by atoms with Crippen molar-refractivity contribution < 1.29 is 4.39 Å². The molecule has 0 aliphatic heterocycles. The molecule has 0 fully saturated rings. The van der Waals surface area contributed by atoms with Gasteiger partial charge in [-0.1, -0.05) is 40.6 Å². The Kier molecular flexibility index (Phi) is 3.31. The number of nitrogens with zero attached hydrogens (tertiary/aromatic N) is 1. The normalized spacial score (nSPS) is 10.9. The molecule has 0 spiro atoms. The molecular weight excluding hydrogens is 306 g/mol. The summed E-state index contributed by atoms with van der Waals surface area (Å²) in [4.78, 5) is 4.41. The smallest absolute Gasteiger partial charge is 0.188 e. The molecule has 3 rings (SSSR count). The van der Waals surface area contributed by atoms with Gasteiger partial charge in [-0.25, -0.2) is 9.37 Å². The van der Waals surface area contributed by atoms with Crippen molar-refractivity contribution in [3.8, 4) is 0 Å². The van der Waals surface area contributed by atoms with E-state index in [9.17, 15) is 4.39 Å². The number of fused-ring (bicyclic) bond motifs is 1. The summed E-state index contributed by atoms with van der Waals surface area (Å²) < 4.78 is 14.0. The lowest BCUT2D eigenvalue weighted by atomic mass is 10.3. The minimum Gasteiger partial charge on any atom is -0.331 e. The Labute approximate surface area is 122 Å². The number of benzene rings is 2. The number of anilines is 2. The monoisotopic (exact) mass is 312 g/mol. The number of hydrogen-bond acceptors (Lipinski definition) is 3. The van der Waals surface area contributed by atoms with Gasteiger partial charge < -0.3 is 5.32 Å².